The van der Waals surface area contributed by atoms with E-state index < -0.39 is 0 Å². The zero-order chi connectivity index (χ0) is 8.84. The zero-order valence-corrected chi connectivity index (χ0v) is 8.01. The predicted octanol–water partition coefficient (Wildman–Crippen LogP) is 1.88. The highest BCUT2D eigenvalue weighted by Gasteiger charge is 2.29. The number of rotatable bonds is 1. The molecule has 0 spiro atoms. The van der Waals surface area contributed by atoms with Gasteiger partial charge in [0, 0.05) is 12.1 Å². The van der Waals surface area contributed by atoms with Crippen LogP contribution < -0.4 is 5.32 Å². The van der Waals surface area contributed by atoms with Crippen molar-refractivity contribution in [2.24, 2.45) is 0 Å². The van der Waals surface area contributed by atoms with Crippen LogP contribution in [0, 0.1) is 6.92 Å². The van der Waals surface area contributed by atoms with E-state index in [1.54, 1.807) is 0 Å². The molecular formula is C10H15N3. The van der Waals surface area contributed by atoms with Gasteiger partial charge in [-0.15, -0.1) is 0 Å². The summed E-state index contributed by atoms with van der Waals surface area (Å²) in [5.74, 6) is 1.31. The van der Waals surface area contributed by atoms with Crippen LogP contribution in [0.1, 0.15) is 36.6 Å². The molecule has 0 saturated heterocycles. The molecule has 0 radical (unpaired) electrons. The molecule has 3 nitrogen and oxygen atoms in total. The monoisotopic (exact) mass is 177 g/mol. The number of aryl methyl sites for hydroxylation is 1. The van der Waals surface area contributed by atoms with E-state index in [0.717, 1.165) is 6.54 Å². The molecule has 1 saturated carbocycles. The van der Waals surface area contributed by atoms with Crippen LogP contribution in [0.2, 0.25) is 0 Å². The molecule has 1 aromatic rings. The topological polar surface area (TPSA) is 29.9 Å². The summed E-state index contributed by atoms with van der Waals surface area (Å²) in [4.78, 5) is 0. The third-order valence-corrected chi connectivity index (χ3v) is 3.00. The Bertz CT molecular complexity index is 336. The third kappa shape index (κ3) is 1.06. The molecule has 0 amide bonds. The second-order valence-corrected chi connectivity index (χ2v) is 4.12. The second kappa shape index (κ2) is 2.50. The Morgan fingerprint density at radius 1 is 1.46 bits per heavy atom. The van der Waals surface area contributed by atoms with Crippen LogP contribution in [0.3, 0.4) is 0 Å². The highest BCUT2D eigenvalue weighted by molar-refractivity contribution is 5.50. The third-order valence-electron chi connectivity index (χ3n) is 3.00. The van der Waals surface area contributed by atoms with E-state index in [4.69, 9.17) is 0 Å². The molecule has 0 aromatic carbocycles. The van der Waals surface area contributed by atoms with Crippen molar-refractivity contribution >= 4 is 5.82 Å². The summed E-state index contributed by atoms with van der Waals surface area (Å²) in [7, 11) is 0. The number of hydrogen-bond donors (Lipinski definition) is 1. The van der Waals surface area contributed by atoms with Gasteiger partial charge in [0.25, 0.3) is 0 Å². The molecule has 70 valence electrons. The van der Waals surface area contributed by atoms with Crippen LogP contribution >= 0.6 is 0 Å². The first-order valence-electron chi connectivity index (χ1n) is 5.18. The van der Waals surface area contributed by atoms with E-state index in [0.29, 0.717) is 6.04 Å². The van der Waals surface area contributed by atoms with E-state index in [1.807, 2.05) is 0 Å². The lowest BCUT2D eigenvalue weighted by atomic mass is 10.1. The van der Waals surface area contributed by atoms with Gasteiger partial charge in [0.2, 0.25) is 0 Å². The van der Waals surface area contributed by atoms with Crippen LogP contribution in [-0.2, 0) is 6.42 Å². The van der Waals surface area contributed by atoms with Crippen molar-refractivity contribution in [1.82, 2.24) is 9.78 Å². The van der Waals surface area contributed by atoms with Gasteiger partial charge < -0.3 is 5.32 Å². The van der Waals surface area contributed by atoms with Gasteiger partial charge in [-0.05, 0) is 32.6 Å². The SMILES string of the molecule is Cc1nn(C2CC2)c2c1CCCN2. The van der Waals surface area contributed by atoms with E-state index in [2.05, 4.69) is 22.0 Å². The summed E-state index contributed by atoms with van der Waals surface area (Å²) in [5, 5.41) is 8.08. The quantitative estimate of drug-likeness (QED) is 0.710. The minimum atomic E-state index is 0.702. The molecule has 0 bridgehead atoms. The molecule has 1 aliphatic heterocycles. The van der Waals surface area contributed by atoms with Gasteiger partial charge in [0.05, 0.1) is 11.7 Å². The average Bonchev–Trinajstić information content (AvgIpc) is 2.94. The van der Waals surface area contributed by atoms with Crippen LogP contribution in [0.25, 0.3) is 0 Å². The summed E-state index contributed by atoms with van der Waals surface area (Å²) in [6.07, 6.45) is 5.09. The first-order valence-corrected chi connectivity index (χ1v) is 5.18. The molecule has 2 heterocycles. The fourth-order valence-corrected chi connectivity index (χ4v) is 2.12. The van der Waals surface area contributed by atoms with Crippen molar-refractivity contribution in [1.29, 1.82) is 0 Å². The molecule has 0 atom stereocenters. The minimum absolute atomic E-state index is 0.702. The second-order valence-electron chi connectivity index (χ2n) is 4.12. The molecule has 1 aliphatic carbocycles. The number of nitrogens with one attached hydrogen (secondary N) is 1. The maximum absolute atomic E-state index is 4.61. The van der Waals surface area contributed by atoms with Gasteiger partial charge >= 0.3 is 0 Å². The lowest BCUT2D eigenvalue weighted by Crippen LogP contribution is -2.14. The maximum atomic E-state index is 4.61. The first-order chi connectivity index (χ1) is 6.36. The Balaban J connectivity index is 2.09. The fraction of sp³-hybridized carbons (Fsp3) is 0.700. The molecule has 1 fully saturated rings. The van der Waals surface area contributed by atoms with Crippen molar-refractivity contribution in [2.45, 2.75) is 38.6 Å². The fourth-order valence-electron chi connectivity index (χ4n) is 2.12. The van der Waals surface area contributed by atoms with E-state index in [9.17, 15) is 0 Å². The van der Waals surface area contributed by atoms with Gasteiger partial charge in [-0.2, -0.15) is 5.10 Å². The molecule has 3 heteroatoms. The zero-order valence-electron chi connectivity index (χ0n) is 8.01. The Morgan fingerprint density at radius 2 is 2.31 bits per heavy atom. The molecule has 13 heavy (non-hydrogen) atoms. The molecular weight excluding hydrogens is 162 g/mol. The van der Waals surface area contributed by atoms with Gasteiger partial charge in [-0.25, -0.2) is 4.68 Å². The minimum Gasteiger partial charge on any atom is -0.370 e. The number of aromatic nitrogens is 2. The van der Waals surface area contributed by atoms with Gasteiger partial charge in [0.1, 0.15) is 5.82 Å². The highest BCUT2D eigenvalue weighted by atomic mass is 15.4. The van der Waals surface area contributed by atoms with Crippen molar-refractivity contribution in [2.75, 3.05) is 11.9 Å². The Morgan fingerprint density at radius 3 is 3.08 bits per heavy atom. The summed E-state index contributed by atoms with van der Waals surface area (Å²) in [6.45, 7) is 3.25. The van der Waals surface area contributed by atoms with Crippen LogP contribution in [0.15, 0.2) is 0 Å². The maximum Gasteiger partial charge on any atom is 0.128 e. The van der Waals surface area contributed by atoms with Gasteiger partial charge in [-0.1, -0.05) is 0 Å². The summed E-state index contributed by atoms with van der Waals surface area (Å²) in [6, 6.07) is 0.702. The van der Waals surface area contributed by atoms with Gasteiger partial charge in [0.15, 0.2) is 0 Å². The summed E-state index contributed by atoms with van der Waals surface area (Å²) in [5.41, 5.74) is 2.69. The highest BCUT2D eigenvalue weighted by Crippen LogP contribution is 2.39. The molecule has 1 N–H and O–H groups in total. The van der Waals surface area contributed by atoms with E-state index in [-0.39, 0.29) is 0 Å². The number of hydrogen-bond acceptors (Lipinski definition) is 2. The number of nitrogens with zero attached hydrogens (tertiary/aromatic N) is 2. The summed E-state index contributed by atoms with van der Waals surface area (Å²) >= 11 is 0. The number of anilines is 1. The van der Waals surface area contributed by atoms with E-state index in [1.165, 1.54) is 42.8 Å². The summed E-state index contributed by atoms with van der Waals surface area (Å²) < 4.78 is 2.21. The van der Waals surface area contributed by atoms with Crippen molar-refractivity contribution in [3.05, 3.63) is 11.3 Å². The smallest absolute Gasteiger partial charge is 0.128 e. The number of fused-ring (bicyclic) bond motifs is 1. The van der Waals surface area contributed by atoms with Crippen molar-refractivity contribution in [3.63, 3.8) is 0 Å². The Kier molecular flexibility index (Phi) is 1.43. The average molecular weight is 177 g/mol. The van der Waals surface area contributed by atoms with Crippen molar-refractivity contribution in [3.8, 4) is 0 Å². The standard InChI is InChI=1S/C10H15N3/c1-7-9-3-2-6-11-10(9)13(12-7)8-4-5-8/h8,11H,2-6H2,1H3. The largest absolute Gasteiger partial charge is 0.370 e. The van der Waals surface area contributed by atoms with Crippen LogP contribution in [0.4, 0.5) is 5.82 Å². The molecule has 1 aromatic heterocycles. The first kappa shape index (κ1) is 7.42. The van der Waals surface area contributed by atoms with Crippen LogP contribution in [0.5, 0.6) is 0 Å². The lowest BCUT2D eigenvalue weighted by molar-refractivity contribution is 0.636. The van der Waals surface area contributed by atoms with Gasteiger partial charge in [-0.3, -0.25) is 0 Å². The van der Waals surface area contributed by atoms with Crippen LogP contribution in [-0.4, -0.2) is 16.3 Å². The molecule has 2 aliphatic rings. The Hall–Kier alpha value is -0.990. The normalized spacial score (nSPS) is 21.0. The molecule has 3 rings (SSSR count). The predicted molar refractivity (Wildman–Crippen MR) is 52.0 cm³/mol. The lowest BCUT2D eigenvalue weighted by Gasteiger charge is -2.15. The van der Waals surface area contributed by atoms with E-state index >= 15 is 0 Å². The Labute approximate surface area is 78.1 Å². The van der Waals surface area contributed by atoms with Crippen molar-refractivity contribution < 1.29 is 0 Å². The molecule has 0 unspecified atom stereocenters.